The van der Waals surface area contributed by atoms with Crippen LogP contribution in [0.1, 0.15) is 25.0 Å². The van der Waals surface area contributed by atoms with E-state index in [-0.39, 0.29) is 42.8 Å². The molecule has 2 aromatic heterocycles. The second kappa shape index (κ2) is 11.3. The minimum Gasteiger partial charge on any atom is -0.366 e. The van der Waals surface area contributed by atoms with Gasteiger partial charge >= 0.3 is 6.18 Å². The third kappa shape index (κ3) is 6.78. The van der Waals surface area contributed by atoms with Crippen molar-refractivity contribution >= 4 is 34.5 Å². The molecule has 0 aliphatic carbocycles. The molecule has 0 fully saturated rings. The third-order valence-corrected chi connectivity index (χ3v) is 5.71. The first kappa shape index (κ1) is 27.3. The molecule has 0 spiro atoms. The predicted molar refractivity (Wildman–Crippen MR) is 141 cm³/mol. The van der Waals surface area contributed by atoms with Gasteiger partial charge in [-0.05, 0) is 42.0 Å². The highest BCUT2D eigenvalue weighted by molar-refractivity contribution is 5.89. The maximum absolute atomic E-state index is 13.5. The molecule has 0 aliphatic heterocycles. The fourth-order valence-corrected chi connectivity index (χ4v) is 3.92. The van der Waals surface area contributed by atoms with Gasteiger partial charge in [-0.25, -0.2) is 9.97 Å². The van der Waals surface area contributed by atoms with Crippen molar-refractivity contribution < 1.29 is 22.8 Å². The number of nitrogens with one attached hydrogen (secondary N) is 3. The summed E-state index contributed by atoms with van der Waals surface area (Å²) >= 11 is 0. The van der Waals surface area contributed by atoms with Crippen LogP contribution in [0.25, 0.3) is 22.4 Å². The van der Waals surface area contributed by atoms with Crippen LogP contribution in [0.2, 0.25) is 0 Å². The largest absolute Gasteiger partial charge is 0.416 e. The Kier molecular flexibility index (Phi) is 7.93. The SMILES string of the molecule is CC(=O)NCCn1c(=O)c(-c2ccc(NC(C)=O)cc2)nc2ccc(NCc3cccc(C(F)(F)F)c3)nc21. The molecule has 0 radical (unpaired) electrons. The first-order valence-electron chi connectivity index (χ1n) is 12.0. The van der Waals surface area contributed by atoms with Gasteiger partial charge in [-0.15, -0.1) is 0 Å². The van der Waals surface area contributed by atoms with Gasteiger partial charge in [-0.1, -0.05) is 24.3 Å². The molecule has 9 nitrogen and oxygen atoms in total. The minimum atomic E-state index is -4.45. The van der Waals surface area contributed by atoms with Crippen LogP contribution in [0, 0.1) is 0 Å². The highest BCUT2D eigenvalue weighted by Gasteiger charge is 2.30. The molecule has 0 bridgehead atoms. The number of alkyl halides is 3. The summed E-state index contributed by atoms with van der Waals surface area (Å²) in [5.41, 5.74) is 1.12. The van der Waals surface area contributed by atoms with Crippen molar-refractivity contribution in [1.82, 2.24) is 19.9 Å². The lowest BCUT2D eigenvalue weighted by atomic mass is 10.1. The molecule has 4 rings (SSSR count). The van der Waals surface area contributed by atoms with E-state index in [1.807, 2.05) is 0 Å². The molecule has 3 N–H and O–H groups in total. The van der Waals surface area contributed by atoms with E-state index in [0.29, 0.717) is 28.1 Å². The molecule has 0 atom stereocenters. The van der Waals surface area contributed by atoms with Crippen molar-refractivity contribution in [2.75, 3.05) is 17.2 Å². The van der Waals surface area contributed by atoms with Crippen LogP contribution in [0.5, 0.6) is 0 Å². The molecular formula is C27H25F3N6O3. The van der Waals surface area contributed by atoms with E-state index >= 15 is 0 Å². The van der Waals surface area contributed by atoms with Crippen molar-refractivity contribution in [1.29, 1.82) is 0 Å². The van der Waals surface area contributed by atoms with Crippen molar-refractivity contribution in [3.8, 4) is 11.3 Å². The average molecular weight is 539 g/mol. The van der Waals surface area contributed by atoms with E-state index in [9.17, 15) is 27.6 Å². The number of rotatable bonds is 8. The predicted octanol–water partition coefficient (Wildman–Crippen LogP) is 4.18. The van der Waals surface area contributed by atoms with E-state index < -0.39 is 17.3 Å². The lowest BCUT2D eigenvalue weighted by Gasteiger charge is -2.14. The first-order valence-corrected chi connectivity index (χ1v) is 12.0. The highest BCUT2D eigenvalue weighted by Crippen LogP contribution is 2.29. The number of anilines is 2. The number of halogens is 3. The Hall–Kier alpha value is -4.74. The van der Waals surface area contributed by atoms with Crippen LogP contribution in [0.3, 0.4) is 0 Å². The normalized spacial score (nSPS) is 11.3. The molecule has 0 saturated carbocycles. The van der Waals surface area contributed by atoms with Gasteiger partial charge in [0.1, 0.15) is 17.0 Å². The summed E-state index contributed by atoms with van der Waals surface area (Å²) in [6, 6.07) is 14.9. The lowest BCUT2D eigenvalue weighted by Crippen LogP contribution is -2.31. The Morgan fingerprint density at radius 3 is 2.36 bits per heavy atom. The zero-order chi connectivity index (χ0) is 28.2. The minimum absolute atomic E-state index is 0.0741. The smallest absolute Gasteiger partial charge is 0.366 e. The van der Waals surface area contributed by atoms with Crippen LogP contribution in [0.4, 0.5) is 24.7 Å². The van der Waals surface area contributed by atoms with Crippen molar-refractivity contribution in [2.45, 2.75) is 33.1 Å². The van der Waals surface area contributed by atoms with Crippen molar-refractivity contribution in [2.24, 2.45) is 0 Å². The van der Waals surface area contributed by atoms with Crippen LogP contribution < -0.4 is 21.5 Å². The van der Waals surface area contributed by atoms with E-state index in [4.69, 9.17) is 0 Å². The molecule has 4 aromatic rings. The monoisotopic (exact) mass is 538 g/mol. The van der Waals surface area contributed by atoms with Gasteiger partial charge in [0.2, 0.25) is 11.8 Å². The number of amides is 2. The number of benzene rings is 2. The zero-order valence-electron chi connectivity index (χ0n) is 21.1. The van der Waals surface area contributed by atoms with Crippen LogP contribution in [0.15, 0.2) is 65.5 Å². The van der Waals surface area contributed by atoms with Gasteiger partial charge in [-0.2, -0.15) is 13.2 Å². The third-order valence-electron chi connectivity index (χ3n) is 5.71. The van der Waals surface area contributed by atoms with Crippen LogP contribution >= 0.6 is 0 Å². The summed E-state index contributed by atoms with van der Waals surface area (Å²) in [7, 11) is 0. The summed E-state index contributed by atoms with van der Waals surface area (Å²) in [6.45, 7) is 3.11. The number of hydrogen-bond acceptors (Lipinski definition) is 6. The fraction of sp³-hybridized carbons (Fsp3) is 0.222. The molecule has 2 aromatic carbocycles. The topological polar surface area (TPSA) is 118 Å². The average Bonchev–Trinajstić information content (AvgIpc) is 2.88. The van der Waals surface area contributed by atoms with Crippen molar-refractivity contribution in [3.63, 3.8) is 0 Å². The van der Waals surface area contributed by atoms with Crippen LogP contribution in [-0.4, -0.2) is 32.9 Å². The summed E-state index contributed by atoms with van der Waals surface area (Å²) in [6.07, 6.45) is -4.45. The van der Waals surface area contributed by atoms with Gasteiger partial charge in [0, 0.05) is 44.7 Å². The van der Waals surface area contributed by atoms with Gasteiger partial charge in [0.15, 0.2) is 5.65 Å². The maximum atomic E-state index is 13.5. The number of hydrogen-bond donors (Lipinski definition) is 3. The van der Waals surface area contributed by atoms with Gasteiger partial charge in [0.25, 0.3) is 5.56 Å². The van der Waals surface area contributed by atoms with Gasteiger partial charge in [0.05, 0.1) is 5.56 Å². The Morgan fingerprint density at radius 2 is 1.69 bits per heavy atom. The number of pyridine rings is 1. The van der Waals surface area contributed by atoms with Gasteiger partial charge < -0.3 is 16.0 Å². The molecule has 12 heteroatoms. The molecule has 2 amide bonds. The number of carbonyl (C=O) groups is 2. The highest BCUT2D eigenvalue weighted by atomic mass is 19.4. The molecule has 0 saturated heterocycles. The lowest BCUT2D eigenvalue weighted by molar-refractivity contribution is -0.137. The number of nitrogens with zero attached hydrogens (tertiary/aromatic N) is 3. The quantitative estimate of drug-likeness (QED) is 0.310. The van der Waals surface area contributed by atoms with E-state index in [0.717, 1.165) is 12.1 Å². The summed E-state index contributed by atoms with van der Waals surface area (Å²) in [5.74, 6) is -0.149. The standard InChI is InChI=1S/C27H25F3N6O3/c1-16(37)31-12-13-36-25-22(34-24(26(36)39)19-6-8-21(9-7-19)33-17(2)38)10-11-23(35-25)32-15-18-4-3-5-20(14-18)27(28,29)30/h3-11,14H,12-13,15H2,1-2H3,(H,31,37)(H,32,35)(H,33,38). The molecular weight excluding hydrogens is 513 g/mol. The second-order valence-corrected chi connectivity index (χ2v) is 8.75. The molecule has 0 unspecified atom stereocenters. The molecule has 2 heterocycles. The van der Waals surface area contributed by atoms with Crippen molar-refractivity contribution in [3.05, 3.63) is 82.1 Å². The Balaban J connectivity index is 1.68. The van der Waals surface area contributed by atoms with Gasteiger partial charge in [-0.3, -0.25) is 19.0 Å². The van der Waals surface area contributed by atoms with E-state index in [1.54, 1.807) is 42.5 Å². The number of carbonyl (C=O) groups excluding carboxylic acids is 2. The zero-order valence-corrected chi connectivity index (χ0v) is 21.1. The number of fused-ring (bicyclic) bond motifs is 1. The molecule has 202 valence electrons. The summed E-state index contributed by atoms with van der Waals surface area (Å²) in [4.78, 5) is 45.2. The van der Waals surface area contributed by atoms with E-state index in [1.165, 1.54) is 24.5 Å². The fourth-order valence-electron chi connectivity index (χ4n) is 3.92. The summed E-state index contributed by atoms with van der Waals surface area (Å²) in [5, 5.41) is 8.31. The first-order chi connectivity index (χ1) is 18.5. The van der Waals surface area contributed by atoms with E-state index in [2.05, 4.69) is 25.9 Å². The Labute approximate surface area is 221 Å². The Morgan fingerprint density at radius 1 is 0.949 bits per heavy atom. The maximum Gasteiger partial charge on any atom is 0.416 e. The molecule has 0 aliphatic rings. The number of aromatic nitrogens is 3. The molecule has 39 heavy (non-hydrogen) atoms. The summed E-state index contributed by atoms with van der Waals surface area (Å²) < 4.78 is 40.5. The van der Waals surface area contributed by atoms with Crippen LogP contribution in [-0.2, 0) is 28.9 Å². The second-order valence-electron chi connectivity index (χ2n) is 8.75. The Bertz CT molecular complexity index is 1580.